The molecule has 8 heteroatoms. The number of amides is 4. The Morgan fingerprint density at radius 1 is 0.630 bits per heavy atom. The molecule has 0 saturated carbocycles. The minimum atomic E-state index is -0.126. The van der Waals surface area contributed by atoms with Gasteiger partial charge in [-0.3, -0.25) is 19.2 Å². The third-order valence-corrected chi connectivity index (χ3v) is 4.15. The molecule has 0 unspecified atom stereocenters. The third-order valence-electron chi connectivity index (χ3n) is 4.15. The van der Waals surface area contributed by atoms with Crippen LogP contribution < -0.4 is 16.0 Å². The maximum atomic E-state index is 11.7. The fraction of sp³-hybridized carbons (Fsp3) is 0.789. The van der Waals surface area contributed by atoms with Crippen LogP contribution in [0, 0.1) is 0 Å². The molecule has 27 heavy (non-hydrogen) atoms. The Kier molecular flexibility index (Phi) is 14.8. The highest BCUT2D eigenvalue weighted by Gasteiger charge is 2.07. The van der Waals surface area contributed by atoms with Crippen molar-refractivity contribution in [3.05, 3.63) is 0 Å². The summed E-state index contributed by atoms with van der Waals surface area (Å²) in [6.07, 6.45) is 6.46. The molecule has 0 bridgehead atoms. The molecule has 0 aromatic carbocycles. The number of rotatable bonds is 15. The highest BCUT2D eigenvalue weighted by Crippen LogP contribution is 2.01. The van der Waals surface area contributed by atoms with Crippen LogP contribution in [0.15, 0.2) is 0 Å². The first-order valence-electron chi connectivity index (χ1n) is 9.81. The molecule has 8 nitrogen and oxygen atoms in total. The molecule has 3 N–H and O–H groups in total. The summed E-state index contributed by atoms with van der Waals surface area (Å²) in [4.78, 5) is 47.4. The zero-order chi connectivity index (χ0) is 20.5. The van der Waals surface area contributed by atoms with Gasteiger partial charge in [-0.05, 0) is 25.7 Å². The van der Waals surface area contributed by atoms with Crippen molar-refractivity contribution >= 4 is 23.6 Å². The minimum absolute atomic E-state index is 0.0344. The summed E-state index contributed by atoms with van der Waals surface area (Å²) in [6, 6.07) is 0. The Balaban J connectivity index is 3.49. The second-order valence-corrected chi connectivity index (χ2v) is 6.78. The van der Waals surface area contributed by atoms with Crippen molar-refractivity contribution in [3.8, 4) is 0 Å². The first-order chi connectivity index (χ1) is 12.9. The van der Waals surface area contributed by atoms with Gasteiger partial charge in [0.15, 0.2) is 0 Å². The van der Waals surface area contributed by atoms with Crippen molar-refractivity contribution in [2.24, 2.45) is 0 Å². The van der Waals surface area contributed by atoms with Crippen molar-refractivity contribution in [2.45, 2.75) is 64.2 Å². The molecule has 0 spiro atoms. The topological polar surface area (TPSA) is 108 Å². The number of hydrogen-bond acceptors (Lipinski definition) is 4. The smallest absolute Gasteiger partial charge is 0.222 e. The van der Waals surface area contributed by atoms with Crippen LogP contribution >= 0.6 is 0 Å². The van der Waals surface area contributed by atoms with Crippen LogP contribution in [0.2, 0.25) is 0 Å². The molecular weight excluding hydrogens is 348 g/mol. The first kappa shape index (κ1) is 24.9. The summed E-state index contributed by atoms with van der Waals surface area (Å²) in [5.74, 6) is -0.0950. The van der Waals surface area contributed by atoms with Gasteiger partial charge in [-0.1, -0.05) is 12.8 Å². The number of carbonyl (C=O) groups excluding carboxylic acids is 4. The van der Waals surface area contributed by atoms with Crippen LogP contribution in [0.3, 0.4) is 0 Å². The van der Waals surface area contributed by atoms with Gasteiger partial charge in [-0.25, -0.2) is 0 Å². The quantitative estimate of drug-likeness (QED) is 0.365. The second-order valence-electron chi connectivity index (χ2n) is 6.78. The highest BCUT2D eigenvalue weighted by molar-refractivity contribution is 5.83. The third kappa shape index (κ3) is 15.8. The monoisotopic (exact) mass is 384 g/mol. The summed E-state index contributed by atoms with van der Waals surface area (Å²) in [7, 11) is 5.10. The lowest BCUT2D eigenvalue weighted by Crippen LogP contribution is -2.28. The normalized spacial score (nSPS) is 10.2. The SMILES string of the molecule is CNC(=O)CCCCCNC(=O)CCC(=O)NCCCCCC(=O)N(C)C. The van der Waals surface area contributed by atoms with Crippen LogP contribution in [0.4, 0.5) is 0 Å². The zero-order valence-electron chi connectivity index (χ0n) is 17.1. The summed E-state index contributed by atoms with van der Waals surface area (Å²) < 4.78 is 0. The van der Waals surface area contributed by atoms with E-state index in [0.717, 1.165) is 38.5 Å². The molecule has 0 aromatic rings. The molecule has 0 atom stereocenters. The lowest BCUT2D eigenvalue weighted by Gasteiger charge is -2.09. The molecule has 156 valence electrons. The summed E-state index contributed by atoms with van der Waals surface area (Å²) in [5.41, 5.74) is 0. The van der Waals surface area contributed by atoms with E-state index in [9.17, 15) is 19.2 Å². The van der Waals surface area contributed by atoms with E-state index in [-0.39, 0.29) is 36.5 Å². The highest BCUT2D eigenvalue weighted by atomic mass is 16.2. The number of nitrogens with zero attached hydrogens (tertiary/aromatic N) is 1. The summed E-state index contributed by atoms with van der Waals surface area (Å²) in [6.45, 7) is 1.14. The average Bonchev–Trinajstić information content (AvgIpc) is 2.64. The average molecular weight is 385 g/mol. The molecule has 0 saturated heterocycles. The van der Waals surface area contributed by atoms with E-state index >= 15 is 0 Å². The molecule has 0 rings (SSSR count). The molecule has 0 aromatic heterocycles. The lowest BCUT2D eigenvalue weighted by molar-refractivity contribution is -0.129. The number of carbonyl (C=O) groups is 4. The number of hydrogen-bond donors (Lipinski definition) is 3. The Morgan fingerprint density at radius 2 is 1.11 bits per heavy atom. The van der Waals surface area contributed by atoms with Gasteiger partial charge in [0.05, 0.1) is 0 Å². The molecule has 0 aliphatic rings. The largest absolute Gasteiger partial charge is 0.359 e. The van der Waals surface area contributed by atoms with Crippen LogP contribution in [0.5, 0.6) is 0 Å². The zero-order valence-corrected chi connectivity index (χ0v) is 17.1. The second kappa shape index (κ2) is 16.1. The molecule has 0 aliphatic heterocycles. The molecule has 4 amide bonds. The van der Waals surface area contributed by atoms with Gasteiger partial charge in [0.25, 0.3) is 0 Å². The van der Waals surface area contributed by atoms with Gasteiger partial charge in [0.1, 0.15) is 0 Å². The molecule has 0 radical (unpaired) electrons. The Hall–Kier alpha value is -2.12. The van der Waals surface area contributed by atoms with Crippen molar-refractivity contribution in [2.75, 3.05) is 34.2 Å². The van der Waals surface area contributed by atoms with Gasteiger partial charge in [-0.15, -0.1) is 0 Å². The Labute approximate surface area is 162 Å². The van der Waals surface area contributed by atoms with E-state index in [2.05, 4.69) is 16.0 Å². The van der Waals surface area contributed by atoms with E-state index in [1.165, 1.54) is 0 Å². The van der Waals surface area contributed by atoms with E-state index in [1.54, 1.807) is 26.0 Å². The van der Waals surface area contributed by atoms with Gasteiger partial charge in [0, 0.05) is 59.9 Å². The van der Waals surface area contributed by atoms with Crippen molar-refractivity contribution < 1.29 is 19.2 Å². The van der Waals surface area contributed by atoms with Gasteiger partial charge in [-0.2, -0.15) is 0 Å². The molecule has 0 fully saturated rings. The Bertz CT molecular complexity index is 467. The molecule has 0 aliphatic carbocycles. The Morgan fingerprint density at radius 3 is 1.56 bits per heavy atom. The lowest BCUT2D eigenvalue weighted by atomic mass is 10.2. The van der Waals surface area contributed by atoms with Crippen LogP contribution in [0.1, 0.15) is 64.2 Å². The molecule has 0 heterocycles. The number of nitrogens with one attached hydrogen (secondary N) is 3. The van der Waals surface area contributed by atoms with Crippen molar-refractivity contribution in [1.82, 2.24) is 20.9 Å². The summed E-state index contributed by atoms with van der Waals surface area (Å²) in [5, 5.41) is 8.16. The standard InChI is InChI=1S/C19H36N4O4/c1-20-16(24)10-6-4-8-14-21-17(25)12-13-18(26)22-15-9-5-7-11-19(27)23(2)3/h4-15H2,1-3H3,(H,20,24)(H,21,25)(H,22,26). The van der Waals surface area contributed by atoms with E-state index < -0.39 is 0 Å². The van der Waals surface area contributed by atoms with E-state index in [1.807, 2.05) is 0 Å². The number of unbranched alkanes of at least 4 members (excludes halogenated alkanes) is 4. The molecular formula is C19H36N4O4. The van der Waals surface area contributed by atoms with Crippen molar-refractivity contribution in [1.29, 1.82) is 0 Å². The van der Waals surface area contributed by atoms with Gasteiger partial charge in [0.2, 0.25) is 23.6 Å². The maximum Gasteiger partial charge on any atom is 0.222 e. The summed E-state index contributed by atoms with van der Waals surface area (Å²) >= 11 is 0. The van der Waals surface area contributed by atoms with Gasteiger partial charge < -0.3 is 20.9 Å². The van der Waals surface area contributed by atoms with Crippen LogP contribution in [0.25, 0.3) is 0 Å². The van der Waals surface area contributed by atoms with Crippen molar-refractivity contribution in [3.63, 3.8) is 0 Å². The maximum absolute atomic E-state index is 11.7. The fourth-order valence-corrected chi connectivity index (χ4v) is 2.37. The van der Waals surface area contributed by atoms with E-state index in [0.29, 0.717) is 25.9 Å². The predicted octanol–water partition coefficient (Wildman–Crippen LogP) is 0.954. The predicted molar refractivity (Wildman–Crippen MR) is 105 cm³/mol. The first-order valence-corrected chi connectivity index (χ1v) is 9.81. The fourth-order valence-electron chi connectivity index (χ4n) is 2.37. The van der Waals surface area contributed by atoms with Gasteiger partial charge >= 0.3 is 0 Å². The minimum Gasteiger partial charge on any atom is -0.359 e. The van der Waals surface area contributed by atoms with Crippen LogP contribution in [-0.4, -0.2) is 62.8 Å². The van der Waals surface area contributed by atoms with Crippen LogP contribution in [-0.2, 0) is 19.2 Å². The van der Waals surface area contributed by atoms with E-state index in [4.69, 9.17) is 0 Å².